The third-order valence-corrected chi connectivity index (χ3v) is 5.77. The van der Waals surface area contributed by atoms with Crippen molar-refractivity contribution in [1.29, 1.82) is 0 Å². The molecule has 1 aliphatic rings. The molecule has 1 aliphatic heterocycles. The van der Waals surface area contributed by atoms with E-state index in [1.165, 1.54) is 17.0 Å². The number of aromatic nitrogens is 1. The zero-order chi connectivity index (χ0) is 23.3. The number of carbonyl (C=O) groups excluding carboxylic acids is 1. The smallest absolute Gasteiger partial charge is 0.331 e. The summed E-state index contributed by atoms with van der Waals surface area (Å²) in [6, 6.07) is 20.9. The van der Waals surface area contributed by atoms with Crippen LogP contribution in [0.2, 0.25) is 0 Å². The van der Waals surface area contributed by atoms with E-state index in [4.69, 9.17) is 9.72 Å². The van der Waals surface area contributed by atoms with Gasteiger partial charge in [-0.25, -0.2) is 9.78 Å². The molecule has 2 heterocycles. The minimum atomic E-state index is -0.475. The molecule has 0 spiro atoms. The van der Waals surface area contributed by atoms with Gasteiger partial charge in [-0.05, 0) is 62.6 Å². The first-order valence-corrected chi connectivity index (χ1v) is 11.7. The van der Waals surface area contributed by atoms with Gasteiger partial charge in [0.1, 0.15) is 11.4 Å². The van der Waals surface area contributed by atoms with Crippen LogP contribution in [0.3, 0.4) is 0 Å². The van der Waals surface area contributed by atoms with Gasteiger partial charge in [-0.2, -0.15) is 0 Å². The summed E-state index contributed by atoms with van der Waals surface area (Å²) >= 11 is 0. The third-order valence-electron chi connectivity index (χ3n) is 5.77. The van der Waals surface area contributed by atoms with Crippen molar-refractivity contribution in [3.63, 3.8) is 0 Å². The summed E-state index contributed by atoms with van der Waals surface area (Å²) in [5.41, 5.74) is 2.88. The predicted molar refractivity (Wildman–Crippen MR) is 135 cm³/mol. The minimum absolute atomic E-state index is 0.313. The molecule has 1 fully saturated rings. The van der Waals surface area contributed by atoms with E-state index in [0.717, 1.165) is 56.0 Å². The first-order chi connectivity index (χ1) is 15.9. The Labute approximate surface area is 196 Å². The Morgan fingerprint density at radius 3 is 2.58 bits per heavy atom. The molecule has 0 aliphatic carbocycles. The molecule has 1 aromatic heterocycles. The molecule has 1 saturated heterocycles. The second kappa shape index (κ2) is 10.2. The van der Waals surface area contributed by atoms with Crippen LogP contribution in [0.1, 0.15) is 31.9 Å². The van der Waals surface area contributed by atoms with Crippen LogP contribution in [0.5, 0.6) is 0 Å². The van der Waals surface area contributed by atoms with E-state index >= 15 is 0 Å². The standard InChI is InChI=1S/C28H33N3O2/c1-28(2,3)33-27(32)14-11-22-7-6-8-23(21-22)15-16-30-17-19-31(20-18-30)26-13-12-24-9-4-5-10-25(24)29-26/h4-14,21H,15-20H2,1-3H3/b14-11+. The lowest BCUT2D eigenvalue weighted by Gasteiger charge is -2.35. The fourth-order valence-corrected chi connectivity index (χ4v) is 4.07. The van der Waals surface area contributed by atoms with Crippen LogP contribution in [0.25, 0.3) is 17.0 Å². The van der Waals surface area contributed by atoms with Crippen molar-refractivity contribution in [3.8, 4) is 0 Å². The average molecular weight is 444 g/mol. The number of piperazine rings is 1. The highest BCUT2D eigenvalue weighted by Gasteiger charge is 2.18. The van der Waals surface area contributed by atoms with Crippen LogP contribution in [0, 0.1) is 0 Å². The van der Waals surface area contributed by atoms with E-state index in [1.54, 1.807) is 0 Å². The second-order valence-corrected chi connectivity index (χ2v) is 9.55. The van der Waals surface area contributed by atoms with Crippen LogP contribution < -0.4 is 4.90 Å². The molecule has 0 atom stereocenters. The molecule has 0 unspecified atom stereocenters. The number of anilines is 1. The maximum absolute atomic E-state index is 11.9. The van der Waals surface area contributed by atoms with E-state index in [9.17, 15) is 4.79 Å². The first kappa shape index (κ1) is 23.0. The number of carbonyl (C=O) groups is 1. The number of nitrogens with zero attached hydrogens (tertiary/aromatic N) is 3. The second-order valence-electron chi connectivity index (χ2n) is 9.55. The van der Waals surface area contributed by atoms with Crippen molar-refractivity contribution in [2.45, 2.75) is 32.8 Å². The molecule has 33 heavy (non-hydrogen) atoms. The molecule has 0 radical (unpaired) electrons. The number of hydrogen-bond donors (Lipinski definition) is 0. The summed E-state index contributed by atoms with van der Waals surface area (Å²) in [5, 5.41) is 1.18. The zero-order valence-electron chi connectivity index (χ0n) is 19.8. The number of rotatable bonds is 6. The van der Waals surface area contributed by atoms with Crippen LogP contribution >= 0.6 is 0 Å². The van der Waals surface area contributed by atoms with E-state index in [1.807, 2.05) is 45.0 Å². The number of pyridine rings is 1. The van der Waals surface area contributed by atoms with Gasteiger partial charge in [0.15, 0.2) is 0 Å². The fourth-order valence-electron chi connectivity index (χ4n) is 4.07. The summed E-state index contributed by atoms with van der Waals surface area (Å²) in [6.07, 6.45) is 4.32. The minimum Gasteiger partial charge on any atom is -0.457 e. The highest BCUT2D eigenvalue weighted by atomic mass is 16.6. The molecular weight excluding hydrogens is 410 g/mol. The van der Waals surface area contributed by atoms with Gasteiger partial charge in [0.05, 0.1) is 5.52 Å². The maximum Gasteiger partial charge on any atom is 0.331 e. The number of ether oxygens (including phenoxy) is 1. The number of para-hydroxylation sites is 1. The highest BCUT2D eigenvalue weighted by Crippen LogP contribution is 2.19. The lowest BCUT2D eigenvalue weighted by atomic mass is 10.1. The van der Waals surface area contributed by atoms with Crippen LogP contribution in [-0.4, -0.2) is 54.2 Å². The van der Waals surface area contributed by atoms with Gasteiger partial charge in [-0.15, -0.1) is 0 Å². The summed E-state index contributed by atoms with van der Waals surface area (Å²) in [7, 11) is 0. The molecule has 0 saturated carbocycles. The topological polar surface area (TPSA) is 45.7 Å². The molecule has 4 rings (SSSR count). The summed E-state index contributed by atoms with van der Waals surface area (Å²) in [4.78, 5) is 21.7. The van der Waals surface area contributed by atoms with Crippen molar-refractivity contribution < 1.29 is 9.53 Å². The largest absolute Gasteiger partial charge is 0.457 e. The van der Waals surface area contributed by atoms with Gasteiger partial charge in [-0.3, -0.25) is 4.90 Å². The molecule has 0 bridgehead atoms. The molecule has 0 amide bonds. The summed E-state index contributed by atoms with van der Waals surface area (Å²) in [5.74, 6) is 0.754. The predicted octanol–water partition coefficient (Wildman–Crippen LogP) is 4.95. The number of esters is 1. The van der Waals surface area contributed by atoms with Crippen LogP contribution in [0.4, 0.5) is 5.82 Å². The van der Waals surface area contributed by atoms with Gasteiger partial charge in [0.25, 0.3) is 0 Å². The van der Waals surface area contributed by atoms with Gasteiger partial charge < -0.3 is 9.64 Å². The van der Waals surface area contributed by atoms with E-state index in [-0.39, 0.29) is 5.97 Å². The van der Waals surface area contributed by atoms with Crippen molar-refractivity contribution in [2.24, 2.45) is 0 Å². The SMILES string of the molecule is CC(C)(C)OC(=O)/C=C/c1cccc(CCN2CCN(c3ccc4ccccc4n3)CC2)c1. The summed E-state index contributed by atoms with van der Waals surface area (Å²) in [6.45, 7) is 10.7. The lowest BCUT2D eigenvalue weighted by molar-refractivity contribution is -0.148. The zero-order valence-corrected chi connectivity index (χ0v) is 19.8. The molecule has 5 heteroatoms. The average Bonchev–Trinajstić information content (AvgIpc) is 2.81. The Balaban J connectivity index is 1.27. The van der Waals surface area contributed by atoms with Gasteiger partial charge >= 0.3 is 5.97 Å². The fraction of sp³-hybridized carbons (Fsp3) is 0.357. The molecule has 2 aromatic carbocycles. The quantitative estimate of drug-likeness (QED) is 0.398. The van der Waals surface area contributed by atoms with E-state index in [2.05, 4.69) is 52.3 Å². The van der Waals surface area contributed by atoms with Gasteiger partial charge in [-0.1, -0.05) is 42.5 Å². The molecule has 172 valence electrons. The van der Waals surface area contributed by atoms with Crippen molar-refractivity contribution in [2.75, 3.05) is 37.6 Å². The number of hydrogen-bond acceptors (Lipinski definition) is 5. The Morgan fingerprint density at radius 2 is 1.79 bits per heavy atom. The van der Waals surface area contributed by atoms with Gasteiger partial charge in [0.2, 0.25) is 0 Å². The molecule has 0 N–H and O–H groups in total. The highest BCUT2D eigenvalue weighted by molar-refractivity contribution is 5.87. The maximum atomic E-state index is 11.9. The molecular formula is C28H33N3O2. The molecule has 5 nitrogen and oxygen atoms in total. The normalized spacial score (nSPS) is 15.3. The van der Waals surface area contributed by atoms with Crippen LogP contribution in [-0.2, 0) is 16.0 Å². The number of fused-ring (bicyclic) bond motifs is 1. The Hall–Kier alpha value is -3.18. The lowest BCUT2D eigenvalue weighted by Crippen LogP contribution is -2.47. The van der Waals surface area contributed by atoms with Crippen molar-refractivity contribution in [1.82, 2.24) is 9.88 Å². The van der Waals surface area contributed by atoms with Crippen molar-refractivity contribution >= 4 is 28.8 Å². The Kier molecular flexibility index (Phi) is 7.09. The number of benzene rings is 2. The first-order valence-electron chi connectivity index (χ1n) is 11.7. The summed E-state index contributed by atoms with van der Waals surface area (Å²) < 4.78 is 5.34. The molecule has 3 aromatic rings. The third kappa shape index (κ3) is 6.65. The van der Waals surface area contributed by atoms with Crippen LogP contribution in [0.15, 0.2) is 66.7 Å². The van der Waals surface area contributed by atoms with E-state index < -0.39 is 5.60 Å². The van der Waals surface area contributed by atoms with Gasteiger partial charge in [0, 0.05) is 44.2 Å². The monoisotopic (exact) mass is 443 g/mol. The Morgan fingerprint density at radius 1 is 1.00 bits per heavy atom. The van der Waals surface area contributed by atoms with E-state index in [0.29, 0.717) is 0 Å². The van der Waals surface area contributed by atoms with Crippen molar-refractivity contribution in [3.05, 3.63) is 77.9 Å². The Bertz CT molecular complexity index is 1130.